The van der Waals surface area contributed by atoms with Crippen LogP contribution in [-0.2, 0) is 10.3 Å². The molecular formula is C13H16N2O. The molecule has 0 N–H and O–H groups in total. The van der Waals surface area contributed by atoms with Crippen LogP contribution in [0.1, 0.15) is 19.8 Å². The predicted molar refractivity (Wildman–Crippen MR) is 63.4 cm³/mol. The average molecular weight is 216 g/mol. The van der Waals surface area contributed by atoms with Crippen LogP contribution in [0.3, 0.4) is 0 Å². The summed E-state index contributed by atoms with van der Waals surface area (Å²) in [6, 6.07) is 8.27. The first-order valence-corrected chi connectivity index (χ1v) is 5.81. The number of hydrogen-bond acceptors (Lipinski definition) is 2. The molecule has 3 rings (SSSR count). The molecule has 1 fully saturated rings. The summed E-state index contributed by atoms with van der Waals surface area (Å²) in [4.78, 5) is 0. The van der Waals surface area contributed by atoms with Gasteiger partial charge >= 0.3 is 0 Å². The van der Waals surface area contributed by atoms with Crippen molar-refractivity contribution in [1.82, 2.24) is 9.78 Å². The molecule has 1 saturated heterocycles. The first-order valence-electron chi connectivity index (χ1n) is 5.81. The smallest absolute Gasteiger partial charge is 0.0923 e. The van der Waals surface area contributed by atoms with E-state index in [1.165, 1.54) is 5.39 Å². The van der Waals surface area contributed by atoms with Crippen LogP contribution in [0.2, 0.25) is 0 Å². The van der Waals surface area contributed by atoms with Crippen LogP contribution >= 0.6 is 0 Å². The third kappa shape index (κ3) is 1.52. The standard InChI is InChI=1S/C13H16N2O/c1-13(6-8-16-9-7-13)15-10-11-4-2-3-5-12(11)14-15/h2-5,10H,6-9H2,1H3. The van der Waals surface area contributed by atoms with E-state index < -0.39 is 0 Å². The second-order valence-electron chi connectivity index (χ2n) is 4.74. The Morgan fingerprint density at radius 2 is 2.00 bits per heavy atom. The van der Waals surface area contributed by atoms with Crippen molar-refractivity contribution in [1.29, 1.82) is 0 Å². The second kappa shape index (κ2) is 3.59. The topological polar surface area (TPSA) is 27.1 Å². The van der Waals surface area contributed by atoms with Crippen LogP contribution in [0.25, 0.3) is 10.9 Å². The molecule has 3 nitrogen and oxygen atoms in total. The molecule has 0 unspecified atom stereocenters. The van der Waals surface area contributed by atoms with E-state index in [4.69, 9.17) is 4.74 Å². The number of fused-ring (bicyclic) bond motifs is 1. The Kier molecular flexibility index (Phi) is 2.21. The Hall–Kier alpha value is -1.35. The van der Waals surface area contributed by atoms with Gasteiger partial charge in [-0.1, -0.05) is 18.2 Å². The number of rotatable bonds is 1. The zero-order valence-corrected chi connectivity index (χ0v) is 9.52. The molecule has 2 heterocycles. The van der Waals surface area contributed by atoms with Gasteiger partial charge in [-0.05, 0) is 25.8 Å². The fourth-order valence-electron chi connectivity index (χ4n) is 2.28. The molecule has 0 spiro atoms. The van der Waals surface area contributed by atoms with Gasteiger partial charge in [-0.2, -0.15) is 5.10 Å². The maximum Gasteiger partial charge on any atom is 0.0923 e. The van der Waals surface area contributed by atoms with Gasteiger partial charge in [0.25, 0.3) is 0 Å². The highest BCUT2D eigenvalue weighted by Crippen LogP contribution is 2.29. The lowest BCUT2D eigenvalue weighted by Gasteiger charge is -2.33. The van der Waals surface area contributed by atoms with Crippen molar-refractivity contribution in [2.45, 2.75) is 25.3 Å². The molecule has 2 aromatic rings. The van der Waals surface area contributed by atoms with Crippen molar-refractivity contribution in [2.75, 3.05) is 13.2 Å². The molecule has 1 aliphatic heterocycles. The molecule has 3 heteroatoms. The normalized spacial score (nSPS) is 20.1. The lowest BCUT2D eigenvalue weighted by Crippen LogP contribution is -2.36. The molecule has 84 valence electrons. The van der Waals surface area contributed by atoms with Crippen molar-refractivity contribution in [3.05, 3.63) is 30.5 Å². The summed E-state index contributed by atoms with van der Waals surface area (Å²) in [7, 11) is 0. The second-order valence-corrected chi connectivity index (χ2v) is 4.74. The van der Waals surface area contributed by atoms with E-state index in [1.807, 2.05) is 6.07 Å². The largest absolute Gasteiger partial charge is 0.381 e. The predicted octanol–water partition coefficient (Wildman–Crippen LogP) is 2.56. The average Bonchev–Trinajstić information content (AvgIpc) is 2.74. The molecule has 0 saturated carbocycles. The molecule has 1 aromatic carbocycles. The molecule has 0 atom stereocenters. The maximum absolute atomic E-state index is 5.42. The zero-order valence-electron chi connectivity index (χ0n) is 9.52. The quantitative estimate of drug-likeness (QED) is 0.732. The van der Waals surface area contributed by atoms with Crippen LogP contribution in [-0.4, -0.2) is 23.0 Å². The third-order valence-electron chi connectivity index (χ3n) is 3.54. The van der Waals surface area contributed by atoms with Gasteiger partial charge in [0.1, 0.15) is 0 Å². The molecule has 1 aliphatic rings. The summed E-state index contributed by atoms with van der Waals surface area (Å²) in [6.45, 7) is 3.95. The Labute approximate surface area is 95.0 Å². The molecular weight excluding hydrogens is 200 g/mol. The Morgan fingerprint density at radius 1 is 1.25 bits per heavy atom. The van der Waals surface area contributed by atoms with Crippen molar-refractivity contribution < 1.29 is 4.74 Å². The fraction of sp³-hybridized carbons (Fsp3) is 0.462. The summed E-state index contributed by atoms with van der Waals surface area (Å²) in [5, 5.41) is 5.89. The third-order valence-corrected chi connectivity index (χ3v) is 3.54. The van der Waals surface area contributed by atoms with Gasteiger partial charge in [0, 0.05) is 24.8 Å². The number of ether oxygens (including phenoxy) is 1. The first kappa shape index (κ1) is 9.85. The van der Waals surface area contributed by atoms with Crippen molar-refractivity contribution in [3.8, 4) is 0 Å². The molecule has 0 bridgehead atoms. The van der Waals surface area contributed by atoms with E-state index in [0.717, 1.165) is 31.6 Å². The number of aromatic nitrogens is 2. The van der Waals surface area contributed by atoms with Crippen LogP contribution in [0, 0.1) is 0 Å². The van der Waals surface area contributed by atoms with Crippen LogP contribution in [0.4, 0.5) is 0 Å². The molecule has 0 radical (unpaired) electrons. The van der Waals surface area contributed by atoms with Crippen molar-refractivity contribution in [2.24, 2.45) is 0 Å². The molecule has 16 heavy (non-hydrogen) atoms. The highest BCUT2D eigenvalue weighted by molar-refractivity contribution is 5.77. The van der Waals surface area contributed by atoms with E-state index in [2.05, 4.69) is 41.1 Å². The molecule has 0 amide bonds. The Bertz CT molecular complexity index is 464. The summed E-state index contributed by atoms with van der Waals surface area (Å²) < 4.78 is 7.54. The summed E-state index contributed by atoms with van der Waals surface area (Å²) in [5.74, 6) is 0. The van der Waals surface area contributed by atoms with E-state index in [0.29, 0.717) is 0 Å². The minimum absolute atomic E-state index is 0.122. The van der Waals surface area contributed by atoms with Crippen molar-refractivity contribution >= 4 is 10.9 Å². The fourth-order valence-corrected chi connectivity index (χ4v) is 2.28. The number of hydrogen-bond donors (Lipinski definition) is 0. The van der Waals surface area contributed by atoms with Crippen LogP contribution < -0.4 is 0 Å². The van der Waals surface area contributed by atoms with E-state index in [-0.39, 0.29) is 5.54 Å². The summed E-state index contributed by atoms with van der Waals surface area (Å²) >= 11 is 0. The maximum atomic E-state index is 5.42. The SMILES string of the molecule is CC1(n2cc3ccccc3n2)CCOCC1. The van der Waals surface area contributed by atoms with Crippen molar-refractivity contribution in [3.63, 3.8) is 0 Å². The minimum Gasteiger partial charge on any atom is -0.381 e. The Balaban J connectivity index is 2.04. The molecule has 1 aromatic heterocycles. The van der Waals surface area contributed by atoms with E-state index >= 15 is 0 Å². The van der Waals surface area contributed by atoms with Gasteiger partial charge in [-0.15, -0.1) is 0 Å². The zero-order chi connectivity index (χ0) is 11.0. The minimum atomic E-state index is 0.122. The summed E-state index contributed by atoms with van der Waals surface area (Å²) in [6.07, 6.45) is 4.24. The molecule has 0 aliphatic carbocycles. The lowest BCUT2D eigenvalue weighted by atomic mass is 9.93. The van der Waals surface area contributed by atoms with Gasteiger partial charge in [0.05, 0.1) is 11.1 Å². The lowest BCUT2D eigenvalue weighted by molar-refractivity contribution is 0.0244. The van der Waals surface area contributed by atoms with Crippen LogP contribution in [0.5, 0.6) is 0 Å². The van der Waals surface area contributed by atoms with Gasteiger partial charge in [0.2, 0.25) is 0 Å². The van der Waals surface area contributed by atoms with Gasteiger partial charge in [-0.3, -0.25) is 4.68 Å². The first-order chi connectivity index (χ1) is 7.78. The monoisotopic (exact) mass is 216 g/mol. The van der Waals surface area contributed by atoms with Crippen LogP contribution in [0.15, 0.2) is 30.5 Å². The highest BCUT2D eigenvalue weighted by atomic mass is 16.5. The highest BCUT2D eigenvalue weighted by Gasteiger charge is 2.30. The number of benzene rings is 1. The van der Waals surface area contributed by atoms with Gasteiger partial charge in [-0.25, -0.2) is 0 Å². The van der Waals surface area contributed by atoms with Gasteiger partial charge in [0.15, 0.2) is 0 Å². The Morgan fingerprint density at radius 3 is 2.75 bits per heavy atom. The summed E-state index contributed by atoms with van der Waals surface area (Å²) in [5.41, 5.74) is 1.20. The van der Waals surface area contributed by atoms with E-state index in [9.17, 15) is 0 Å². The van der Waals surface area contributed by atoms with E-state index in [1.54, 1.807) is 0 Å². The van der Waals surface area contributed by atoms with Gasteiger partial charge < -0.3 is 4.74 Å². The number of nitrogens with zero attached hydrogens (tertiary/aromatic N) is 2.